The van der Waals surface area contributed by atoms with Crippen molar-refractivity contribution in [2.24, 2.45) is 0 Å². The Morgan fingerprint density at radius 1 is 1.31 bits per heavy atom. The van der Waals surface area contributed by atoms with Crippen molar-refractivity contribution in [3.63, 3.8) is 0 Å². The molecule has 16 heavy (non-hydrogen) atoms. The van der Waals surface area contributed by atoms with Crippen molar-refractivity contribution in [2.45, 2.75) is 50.7 Å². The summed E-state index contributed by atoms with van der Waals surface area (Å²) < 4.78 is 10.7. The Bertz CT molecular complexity index is 222. The van der Waals surface area contributed by atoms with Crippen LogP contribution in [-0.4, -0.2) is 37.9 Å². The van der Waals surface area contributed by atoms with Gasteiger partial charge in [-0.25, -0.2) is 0 Å². The van der Waals surface area contributed by atoms with Gasteiger partial charge >= 0.3 is 5.97 Å². The fraction of sp³-hybridized carbons (Fsp3) is 0.917. The third-order valence-electron chi connectivity index (χ3n) is 3.04. The molecule has 0 aromatic heterocycles. The van der Waals surface area contributed by atoms with E-state index >= 15 is 0 Å². The summed E-state index contributed by atoms with van der Waals surface area (Å²) in [6, 6.07) is 0.662. The molecule has 1 aliphatic carbocycles. The first-order valence-corrected chi connectivity index (χ1v) is 6.35. The molecule has 0 aromatic carbocycles. The maximum Gasteiger partial charge on any atom is 0.307 e. The normalized spacial score (nSPS) is 25.4. The minimum atomic E-state index is -0.109. The first-order valence-electron chi connectivity index (χ1n) is 6.35. The van der Waals surface area contributed by atoms with Crippen LogP contribution in [0.1, 0.15) is 38.5 Å². The van der Waals surface area contributed by atoms with E-state index in [2.05, 4.69) is 5.32 Å². The van der Waals surface area contributed by atoms with Crippen molar-refractivity contribution in [2.75, 3.05) is 19.8 Å². The Labute approximate surface area is 96.7 Å². The minimum absolute atomic E-state index is 0.109. The van der Waals surface area contributed by atoms with Crippen LogP contribution in [-0.2, 0) is 14.3 Å². The molecule has 0 aromatic rings. The van der Waals surface area contributed by atoms with Crippen LogP contribution < -0.4 is 5.32 Å². The molecule has 0 radical (unpaired) electrons. The van der Waals surface area contributed by atoms with Crippen LogP contribution in [0.4, 0.5) is 0 Å². The maximum atomic E-state index is 11.4. The third kappa shape index (κ3) is 4.49. The smallest absolute Gasteiger partial charge is 0.307 e. The van der Waals surface area contributed by atoms with Crippen LogP contribution >= 0.6 is 0 Å². The van der Waals surface area contributed by atoms with Crippen molar-refractivity contribution in [3.8, 4) is 0 Å². The molecule has 1 unspecified atom stereocenters. The second-order valence-corrected chi connectivity index (χ2v) is 4.65. The van der Waals surface area contributed by atoms with Gasteiger partial charge in [-0.05, 0) is 32.1 Å². The van der Waals surface area contributed by atoms with Crippen LogP contribution in [0.2, 0.25) is 0 Å². The van der Waals surface area contributed by atoms with Gasteiger partial charge in [-0.1, -0.05) is 0 Å². The molecule has 1 heterocycles. The lowest BCUT2D eigenvalue weighted by atomic mass is 10.1. The van der Waals surface area contributed by atoms with Crippen molar-refractivity contribution in [1.82, 2.24) is 5.32 Å². The van der Waals surface area contributed by atoms with E-state index in [1.807, 2.05) is 0 Å². The minimum Gasteiger partial charge on any atom is -0.463 e. The van der Waals surface area contributed by atoms with E-state index in [1.54, 1.807) is 0 Å². The van der Waals surface area contributed by atoms with E-state index in [0.29, 0.717) is 19.1 Å². The molecule has 0 amide bonds. The van der Waals surface area contributed by atoms with Gasteiger partial charge in [0.05, 0.1) is 12.5 Å². The summed E-state index contributed by atoms with van der Waals surface area (Å²) >= 11 is 0. The van der Waals surface area contributed by atoms with E-state index in [9.17, 15) is 4.79 Å². The lowest BCUT2D eigenvalue weighted by Gasteiger charge is -2.22. The third-order valence-corrected chi connectivity index (χ3v) is 3.04. The first kappa shape index (κ1) is 11.9. The van der Waals surface area contributed by atoms with E-state index < -0.39 is 0 Å². The summed E-state index contributed by atoms with van der Waals surface area (Å²) in [6.07, 6.45) is 6.46. The lowest BCUT2D eigenvalue weighted by molar-refractivity contribution is -0.149. The topological polar surface area (TPSA) is 47.6 Å². The Kier molecular flexibility index (Phi) is 4.60. The molecule has 2 aliphatic rings. The fourth-order valence-electron chi connectivity index (χ4n) is 1.86. The fourth-order valence-corrected chi connectivity index (χ4v) is 1.86. The summed E-state index contributed by atoms with van der Waals surface area (Å²) in [4.78, 5) is 11.4. The van der Waals surface area contributed by atoms with Gasteiger partial charge in [-0.3, -0.25) is 4.79 Å². The van der Waals surface area contributed by atoms with Crippen LogP contribution in [0.3, 0.4) is 0 Å². The van der Waals surface area contributed by atoms with E-state index in [-0.39, 0.29) is 12.1 Å². The number of hydrogen-bond donors (Lipinski definition) is 1. The standard InChI is InChI=1S/C12H21NO3/c14-12(6-7-13-10-4-5-10)16-9-11-3-1-2-8-15-11/h10-11,13H,1-9H2. The number of rotatable bonds is 6. The quantitative estimate of drug-likeness (QED) is 0.694. The number of carbonyl (C=O) groups excluding carboxylic acids is 1. The van der Waals surface area contributed by atoms with Crippen LogP contribution in [0.15, 0.2) is 0 Å². The van der Waals surface area contributed by atoms with Gasteiger partial charge in [-0.15, -0.1) is 0 Å². The molecule has 0 bridgehead atoms. The average molecular weight is 227 g/mol. The van der Waals surface area contributed by atoms with E-state index in [1.165, 1.54) is 19.3 Å². The number of nitrogens with one attached hydrogen (secondary N) is 1. The molecule has 1 saturated carbocycles. The van der Waals surface area contributed by atoms with Crippen molar-refractivity contribution in [1.29, 1.82) is 0 Å². The molecule has 0 spiro atoms. The van der Waals surface area contributed by atoms with Gasteiger partial charge in [0.2, 0.25) is 0 Å². The Morgan fingerprint density at radius 2 is 2.19 bits per heavy atom. The molecule has 4 heteroatoms. The SMILES string of the molecule is O=C(CCNC1CC1)OCC1CCCCO1. The summed E-state index contributed by atoms with van der Waals surface area (Å²) in [5, 5.41) is 3.29. The molecule has 92 valence electrons. The highest BCUT2D eigenvalue weighted by Gasteiger charge is 2.20. The summed E-state index contributed by atoms with van der Waals surface area (Å²) in [7, 11) is 0. The van der Waals surface area contributed by atoms with Crippen LogP contribution in [0, 0.1) is 0 Å². The molecular weight excluding hydrogens is 206 g/mol. The molecule has 1 saturated heterocycles. The lowest BCUT2D eigenvalue weighted by Crippen LogP contribution is -2.27. The van der Waals surface area contributed by atoms with Crippen molar-refractivity contribution < 1.29 is 14.3 Å². The van der Waals surface area contributed by atoms with Gasteiger partial charge in [0.1, 0.15) is 6.61 Å². The zero-order valence-corrected chi connectivity index (χ0v) is 9.74. The number of esters is 1. The van der Waals surface area contributed by atoms with Crippen LogP contribution in [0.25, 0.3) is 0 Å². The van der Waals surface area contributed by atoms with E-state index in [0.717, 1.165) is 26.0 Å². The highest BCUT2D eigenvalue weighted by molar-refractivity contribution is 5.69. The second-order valence-electron chi connectivity index (χ2n) is 4.65. The Balaban J connectivity index is 1.48. The van der Waals surface area contributed by atoms with Crippen LogP contribution in [0.5, 0.6) is 0 Å². The zero-order valence-electron chi connectivity index (χ0n) is 9.74. The second kappa shape index (κ2) is 6.21. The highest BCUT2D eigenvalue weighted by Crippen LogP contribution is 2.18. The van der Waals surface area contributed by atoms with Crippen molar-refractivity contribution >= 4 is 5.97 Å². The van der Waals surface area contributed by atoms with E-state index in [4.69, 9.17) is 9.47 Å². The van der Waals surface area contributed by atoms with Gasteiger partial charge in [0, 0.05) is 19.2 Å². The largest absolute Gasteiger partial charge is 0.463 e. The average Bonchev–Trinajstić information content (AvgIpc) is 3.12. The number of carbonyl (C=O) groups is 1. The zero-order chi connectivity index (χ0) is 11.2. The molecule has 4 nitrogen and oxygen atoms in total. The van der Waals surface area contributed by atoms with Gasteiger partial charge < -0.3 is 14.8 Å². The van der Waals surface area contributed by atoms with Gasteiger partial charge in [0.25, 0.3) is 0 Å². The van der Waals surface area contributed by atoms with Crippen molar-refractivity contribution in [3.05, 3.63) is 0 Å². The Hall–Kier alpha value is -0.610. The molecule has 2 rings (SSSR count). The highest BCUT2D eigenvalue weighted by atomic mass is 16.6. The molecular formula is C12H21NO3. The predicted molar refractivity (Wildman–Crippen MR) is 60.2 cm³/mol. The summed E-state index contributed by atoms with van der Waals surface area (Å²) in [6.45, 7) is 1.99. The molecule has 1 N–H and O–H groups in total. The van der Waals surface area contributed by atoms with Gasteiger partial charge in [-0.2, -0.15) is 0 Å². The predicted octanol–water partition coefficient (Wildman–Crippen LogP) is 1.24. The summed E-state index contributed by atoms with van der Waals surface area (Å²) in [5.41, 5.74) is 0. The molecule has 1 atom stereocenters. The Morgan fingerprint density at radius 3 is 2.88 bits per heavy atom. The van der Waals surface area contributed by atoms with Gasteiger partial charge in [0.15, 0.2) is 0 Å². The number of hydrogen-bond acceptors (Lipinski definition) is 4. The maximum absolute atomic E-state index is 11.4. The monoisotopic (exact) mass is 227 g/mol. The molecule has 1 aliphatic heterocycles. The number of ether oxygens (including phenoxy) is 2. The molecule has 2 fully saturated rings. The summed E-state index contributed by atoms with van der Waals surface area (Å²) in [5.74, 6) is -0.109. The first-order chi connectivity index (χ1) is 7.84.